The molecule has 0 saturated carbocycles. The first-order valence-electron chi connectivity index (χ1n) is 8.24. The smallest absolute Gasteiger partial charge is 0.261 e. The molecule has 1 atom stereocenters. The lowest BCUT2D eigenvalue weighted by molar-refractivity contribution is 0.0955. The van der Waals surface area contributed by atoms with Crippen LogP contribution in [0.4, 0.5) is 0 Å². The van der Waals surface area contributed by atoms with Crippen molar-refractivity contribution in [3.63, 3.8) is 0 Å². The second kappa shape index (κ2) is 7.01. The van der Waals surface area contributed by atoms with Crippen molar-refractivity contribution in [3.05, 3.63) is 41.3 Å². The highest BCUT2D eigenvalue weighted by Crippen LogP contribution is 2.34. The standard InChI is InChI=1S/C18H19N3OS2/c22-17(20-10-8-12-7-9-19-11-12)15-5-6-16(23-15)18-21-13-3-1-2-4-14(13)24-18/h1-6,12,19H,7-11H2,(H,20,22). The minimum Gasteiger partial charge on any atom is -0.351 e. The van der Waals surface area contributed by atoms with Crippen molar-refractivity contribution >= 4 is 38.8 Å². The van der Waals surface area contributed by atoms with E-state index in [0.717, 1.165) is 46.3 Å². The second-order valence-electron chi connectivity index (χ2n) is 6.05. The predicted molar refractivity (Wildman–Crippen MR) is 101 cm³/mol. The molecule has 24 heavy (non-hydrogen) atoms. The molecular formula is C18H19N3OS2. The first-order chi connectivity index (χ1) is 11.8. The molecule has 2 aromatic heterocycles. The number of nitrogens with zero attached hydrogens (tertiary/aromatic N) is 1. The maximum absolute atomic E-state index is 12.3. The average Bonchev–Trinajstić information content (AvgIpc) is 3.33. The molecule has 6 heteroatoms. The molecule has 0 aliphatic carbocycles. The molecule has 0 bridgehead atoms. The molecule has 1 aliphatic rings. The zero-order valence-corrected chi connectivity index (χ0v) is 14.9. The monoisotopic (exact) mass is 357 g/mol. The number of amides is 1. The number of rotatable bonds is 5. The Hall–Kier alpha value is -1.76. The topological polar surface area (TPSA) is 54.0 Å². The molecule has 1 fully saturated rings. The first-order valence-corrected chi connectivity index (χ1v) is 9.87. The second-order valence-corrected chi connectivity index (χ2v) is 8.17. The Morgan fingerprint density at radius 1 is 1.25 bits per heavy atom. The van der Waals surface area contributed by atoms with Crippen LogP contribution in [0.25, 0.3) is 20.1 Å². The Morgan fingerprint density at radius 3 is 3.00 bits per heavy atom. The third-order valence-electron chi connectivity index (χ3n) is 4.33. The van der Waals surface area contributed by atoms with Gasteiger partial charge in [-0.3, -0.25) is 4.79 Å². The van der Waals surface area contributed by atoms with Crippen LogP contribution in [-0.2, 0) is 0 Å². The summed E-state index contributed by atoms with van der Waals surface area (Å²) in [5.41, 5.74) is 1.02. The number of thiophene rings is 1. The van der Waals surface area contributed by atoms with Gasteiger partial charge < -0.3 is 10.6 Å². The normalized spacial score (nSPS) is 17.4. The number of fused-ring (bicyclic) bond motifs is 1. The number of carbonyl (C=O) groups is 1. The number of benzene rings is 1. The Morgan fingerprint density at radius 2 is 2.17 bits per heavy atom. The molecule has 3 aromatic rings. The van der Waals surface area contributed by atoms with Crippen LogP contribution in [0.2, 0.25) is 0 Å². The van der Waals surface area contributed by atoms with Crippen molar-refractivity contribution in [1.29, 1.82) is 0 Å². The zero-order valence-electron chi connectivity index (χ0n) is 13.2. The van der Waals surface area contributed by atoms with Crippen molar-refractivity contribution in [3.8, 4) is 9.88 Å². The number of thiazole rings is 1. The van der Waals surface area contributed by atoms with Crippen molar-refractivity contribution in [1.82, 2.24) is 15.6 Å². The van der Waals surface area contributed by atoms with Gasteiger partial charge in [0.1, 0.15) is 5.01 Å². The van der Waals surface area contributed by atoms with Crippen LogP contribution in [0.5, 0.6) is 0 Å². The molecule has 1 saturated heterocycles. The van der Waals surface area contributed by atoms with Gasteiger partial charge in [-0.1, -0.05) is 12.1 Å². The van der Waals surface area contributed by atoms with E-state index in [2.05, 4.69) is 21.7 Å². The van der Waals surface area contributed by atoms with Crippen LogP contribution in [0.3, 0.4) is 0 Å². The molecule has 3 heterocycles. The minimum absolute atomic E-state index is 0.0262. The average molecular weight is 358 g/mol. The van der Waals surface area contributed by atoms with Crippen LogP contribution in [-0.4, -0.2) is 30.5 Å². The summed E-state index contributed by atoms with van der Waals surface area (Å²) >= 11 is 3.19. The molecule has 4 rings (SSSR count). The molecule has 124 valence electrons. The van der Waals surface area contributed by atoms with Crippen LogP contribution >= 0.6 is 22.7 Å². The summed E-state index contributed by atoms with van der Waals surface area (Å²) in [5, 5.41) is 7.39. The number of hydrogen-bond acceptors (Lipinski definition) is 5. The lowest BCUT2D eigenvalue weighted by atomic mass is 10.1. The maximum atomic E-state index is 12.3. The van der Waals surface area contributed by atoms with E-state index in [1.165, 1.54) is 22.5 Å². The third-order valence-corrected chi connectivity index (χ3v) is 6.62. The lowest BCUT2D eigenvalue weighted by Crippen LogP contribution is -2.25. The molecular weight excluding hydrogens is 338 g/mol. The Bertz CT molecular complexity index is 816. The zero-order chi connectivity index (χ0) is 16.4. The van der Waals surface area contributed by atoms with Gasteiger partial charge in [0.05, 0.1) is 20.0 Å². The molecule has 1 unspecified atom stereocenters. The fourth-order valence-corrected chi connectivity index (χ4v) is 4.93. The lowest BCUT2D eigenvalue weighted by Gasteiger charge is -2.08. The van der Waals surface area contributed by atoms with Crippen LogP contribution in [0.1, 0.15) is 22.5 Å². The summed E-state index contributed by atoms with van der Waals surface area (Å²) in [6, 6.07) is 12.0. The van der Waals surface area contributed by atoms with E-state index in [9.17, 15) is 4.79 Å². The summed E-state index contributed by atoms with van der Waals surface area (Å²) < 4.78 is 1.18. The van der Waals surface area contributed by atoms with E-state index in [1.54, 1.807) is 11.3 Å². The predicted octanol–water partition coefficient (Wildman–Crippen LogP) is 3.75. The molecule has 1 aliphatic heterocycles. The Kier molecular flexibility index (Phi) is 4.60. The molecule has 1 aromatic carbocycles. The number of nitrogens with one attached hydrogen (secondary N) is 2. The van der Waals surface area contributed by atoms with Gasteiger partial charge in [-0.2, -0.15) is 0 Å². The van der Waals surface area contributed by atoms with Gasteiger partial charge in [-0.25, -0.2) is 4.98 Å². The van der Waals surface area contributed by atoms with Gasteiger partial charge in [-0.05, 0) is 56.1 Å². The van der Waals surface area contributed by atoms with Crippen molar-refractivity contribution in [2.24, 2.45) is 5.92 Å². The summed E-state index contributed by atoms with van der Waals surface area (Å²) in [4.78, 5) is 18.8. The maximum Gasteiger partial charge on any atom is 0.261 e. The first kappa shape index (κ1) is 15.7. The van der Waals surface area contributed by atoms with E-state index >= 15 is 0 Å². The fraction of sp³-hybridized carbons (Fsp3) is 0.333. The van der Waals surface area contributed by atoms with Gasteiger partial charge in [0.15, 0.2) is 0 Å². The highest BCUT2D eigenvalue weighted by molar-refractivity contribution is 7.26. The van der Waals surface area contributed by atoms with Gasteiger partial charge in [0, 0.05) is 6.54 Å². The number of aromatic nitrogens is 1. The SMILES string of the molecule is O=C(NCCC1CCNC1)c1ccc(-c2nc3ccccc3s2)s1. The molecule has 2 N–H and O–H groups in total. The molecule has 0 radical (unpaired) electrons. The molecule has 4 nitrogen and oxygen atoms in total. The van der Waals surface area contributed by atoms with Gasteiger partial charge in [0.25, 0.3) is 5.91 Å². The molecule has 1 amide bonds. The van der Waals surface area contributed by atoms with E-state index < -0.39 is 0 Å². The highest BCUT2D eigenvalue weighted by atomic mass is 32.1. The quantitative estimate of drug-likeness (QED) is 0.731. The third kappa shape index (κ3) is 3.36. The Balaban J connectivity index is 1.40. The van der Waals surface area contributed by atoms with Crippen molar-refractivity contribution in [2.75, 3.05) is 19.6 Å². The summed E-state index contributed by atoms with van der Waals surface area (Å²) in [7, 11) is 0. The van der Waals surface area contributed by atoms with Gasteiger partial charge in [0.2, 0.25) is 0 Å². The summed E-state index contributed by atoms with van der Waals surface area (Å²) in [6.07, 6.45) is 2.27. The summed E-state index contributed by atoms with van der Waals surface area (Å²) in [5.74, 6) is 0.727. The van der Waals surface area contributed by atoms with Crippen molar-refractivity contribution < 1.29 is 4.79 Å². The van der Waals surface area contributed by atoms with E-state index in [-0.39, 0.29) is 5.91 Å². The number of para-hydroxylation sites is 1. The largest absolute Gasteiger partial charge is 0.351 e. The summed E-state index contributed by atoms with van der Waals surface area (Å²) in [6.45, 7) is 2.94. The fourth-order valence-electron chi connectivity index (χ4n) is 2.99. The van der Waals surface area contributed by atoms with Gasteiger partial charge in [-0.15, -0.1) is 22.7 Å². The number of hydrogen-bond donors (Lipinski definition) is 2. The van der Waals surface area contributed by atoms with Crippen LogP contribution < -0.4 is 10.6 Å². The van der Waals surface area contributed by atoms with Gasteiger partial charge >= 0.3 is 0 Å². The van der Waals surface area contributed by atoms with E-state index in [0.29, 0.717) is 5.92 Å². The van der Waals surface area contributed by atoms with Crippen LogP contribution in [0, 0.1) is 5.92 Å². The minimum atomic E-state index is 0.0262. The van der Waals surface area contributed by atoms with E-state index in [4.69, 9.17) is 0 Å². The highest BCUT2D eigenvalue weighted by Gasteiger charge is 2.16. The van der Waals surface area contributed by atoms with Crippen LogP contribution in [0.15, 0.2) is 36.4 Å². The number of carbonyl (C=O) groups excluding carboxylic acids is 1. The Labute approximate surface area is 148 Å². The molecule has 0 spiro atoms. The van der Waals surface area contributed by atoms with Crippen molar-refractivity contribution in [2.45, 2.75) is 12.8 Å². The van der Waals surface area contributed by atoms with E-state index in [1.807, 2.05) is 30.3 Å².